The van der Waals surface area contributed by atoms with Crippen LogP contribution in [0.25, 0.3) is 0 Å². The Morgan fingerprint density at radius 2 is 1.95 bits per heavy atom. The SMILES string of the molecule is CN(C)C(C)(C)CNCc1ccc(CSC(F)F)o1. The van der Waals surface area contributed by atoms with E-state index in [2.05, 4.69) is 24.1 Å². The molecule has 0 saturated heterocycles. The molecule has 1 rings (SSSR count). The molecule has 1 N–H and O–H groups in total. The number of hydrogen-bond acceptors (Lipinski definition) is 4. The van der Waals surface area contributed by atoms with Gasteiger partial charge < -0.3 is 14.6 Å². The van der Waals surface area contributed by atoms with E-state index < -0.39 is 5.76 Å². The van der Waals surface area contributed by atoms with Gasteiger partial charge in [-0.05, 0) is 40.1 Å². The van der Waals surface area contributed by atoms with Crippen LogP contribution in [-0.2, 0) is 12.3 Å². The maximum atomic E-state index is 12.0. The fourth-order valence-corrected chi connectivity index (χ4v) is 1.84. The second-order valence-corrected chi connectivity index (χ2v) is 6.23. The van der Waals surface area contributed by atoms with Crippen LogP contribution in [-0.4, -0.2) is 36.8 Å². The molecule has 0 fully saturated rings. The summed E-state index contributed by atoms with van der Waals surface area (Å²) in [5.41, 5.74) is 0.0565. The second-order valence-electron chi connectivity index (χ2n) is 5.25. The minimum absolute atomic E-state index is 0.0565. The number of nitrogens with one attached hydrogen (secondary N) is 1. The van der Waals surface area contributed by atoms with Crippen LogP contribution in [0.2, 0.25) is 0 Å². The fourth-order valence-electron chi connectivity index (χ4n) is 1.39. The van der Waals surface area contributed by atoms with Gasteiger partial charge in [0.2, 0.25) is 0 Å². The minimum atomic E-state index is -2.35. The summed E-state index contributed by atoms with van der Waals surface area (Å²) in [6.45, 7) is 5.72. The molecule has 0 aliphatic rings. The zero-order valence-corrected chi connectivity index (χ0v) is 12.7. The standard InChI is InChI=1S/C13H22F2N2OS/c1-13(2,17(3)4)9-16-7-10-5-6-11(18-10)8-19-12(14)15/h5-6,12,16H,7-9H2,1-4H3. The monoisotopic (exact) mass is 292 g/mol. The van der Waals surface area contributed by atoms with Gasteiger partial charge in [-0.15, -0.1) is 0 Å². The maximum Gasteiger partial charge on any atom is 0.284 e. The summed E-state index contributed by atoms with van der Waals surface area (Å²) in [7, 11) is 4.07. The Hall–Kier alpha value is -0.590. The quantitative estimate of drug-likeness (QED) is 0.796. The van der Waals surface area contributed by atoms with E-state index in [0.29, 0.717) is 24.1 Å². The first-order chi connectivity index (χ1) is 8.81. The summed E-state index contributed by atoms with van der Waals surface area (Å²) >= 11 is 0.576. The summed E-state index contributed by atoms with van der Waals surface area (Å²) < 4.78 is 29.6. The topological polar surface area (TPSA) is 28.4 Å². The van der Waals surface area contributed by atoms with E-state index in [4.69, 9.17) is 4.42 Å². The van der Waals surface area contributed by atoms with Crippen molar-refractivity contribution < 1.29 is 13.2 Å². The van der Waals surface area contributed by atoms with Crippen molar-refractivity contribution in [3.8, 4) is 0 Å². The van der Waals surface area contributed by atoms with Crippen molar-refractivity contribution in [2.24, 2.45) is 0 Å². The highest BCUT2D eigenvalue weighted by Crippen LogP contribution is 2.21. The van der Waals surface area contributed by atoms with Crippen LogP contribution in [0.3, 0.4) is 0 Å². The molecule has 0 amide bonds. The molecule has 1 heterocycles. The molecular formula is C13H22F2N2OS. The lowest BCUT2D eigenvalue weighted by Gasteiger charge is -2.32. The van der Waals surface area contributed by atoms with Crippen LogP contribution in [0.1, 0.15) is 25.4 Å². The highest BCUT2D eigenvalue weighted by Gasteiger charge is 2.19. The summed E-state index contributed by atoms with van der Waals surface area (Å²) in [4.78, 5) is 2.15. The Morgan fingerprint density at radius 1 is 1.32 bits per heavy atom. The predicted octanol–water partition coefficient (Wildman–Crippen LogP) is 3.17. The molecule has 0 radical (unpaired) electrons. The van der Waals surface area contributed by atoms with Crippen molar-refractivity contribution in [3.63, 3.8) is 0 Å². The highest BCUT2D eigenvalue weighted by atomic mass is 32.2. The molecule has 3 nitrogen and oxygen atoms in total. The summed E-state index contributed by atoms with van der Waals surface area (Å²) in [5.74, 6) is -0.776. The Balaban J connectivity index is 2.34. The first kappa shape index (κ1) is 16.5. The molecule has 0 atom stereocenters. The van der Waals surface area contributed by atoms with Crippen LogP contribution in [0, 0.1) is 0 Å². The molecule has 0 spiro atoms. The van der Waals surface area contributed by atoms with Gasteiger partial charge in [0, 0.05) is 12.1 Å². The van der Waals surface area contributed by atoms with Gasteiger partial charge in [0.1, 0.15) is 11.5 Å². The van der Waals surface area contributed by atoms with E-state index in [1.807, 2.05) is 20.2 Å². The summed E-state index contributed by atoms with van der Waals surface area (Å²) in [6.07, 6.45) is 0. The van der Waals surface area contributed by atoms with Crippen molar-refractivity contribution in [1.82, 2.24) is 10.2 Å². The first-order valence-corrected chi connectivity index (χ1v) is 7.21. The Morgan fingerprint density at radius 3 is 2.53 bits per heavy atom. The van der Waals surface area contributed by atoms with Crippen molar-refractivity contribution >= 4 is 11.8 Å². The Kier molecular flexibility index (Phi) is 6.29. The van der Waals surface area contributed by atoms with Crippen LogP contribution in [0.15, 0.2) is 16.5 Å². The molecular weight excluding hydrogens is 270 g/mol. The third kappa shape index (κ3) is 5.93. The number of halogens is 2. The average molecular weight is 292 g/mol. The smallest absolute Gasteiger partial charge is 0.284 e. The average Bonchev–Trinajstić information content (AvgIpc) is 2.74. The Labute approximate surface area is 117 Å². The molecule has 0 saturated carbocycles. The number of alkyl halides is 2. The lowest BCUT2D eigenvalue weighted by atomic mass is 10.0. The Bertz CT molecular complexity index is 380. The number of nitrogens with zero attached hydrogens (tertiary/aromatic N) is 1. The predicted molar refractivity (Wildman–Crippen MR) is 75.5 cm³/mol. The minimum Gasteiger partial charge on any atom is -0.464 e. The van der Waals surface area contributed by atoms with Gasteiger partial charge in [0.15, 0.2) is 0 Å². The van der Waals surface area contributed by atoms with Gasteiger partial charge in [-0.1, -0.05) is 11.8 Å². The maximum absolute atomic E-state index is 12.0. The van der Waals surface area contributed by atoms with Gasteiger partial charge >= 0.3 is 0 Å². The molecule has 6 heteroatoms. The highest BCUT2D eigenvalue weighted by molar-refractivity contribution is 7.98. The van der Waals surface area contributed by atoms with Crippen LogP contribution in [0.4, 0.5) is 8.78 Å². The number of hydrogen-bond donors (Lipinski definition) is 1. The van der Waals surface area contributed by atoms with E-state index in [9.17, 15) is 8.78 Å². The fraction of sp³-hybridized carbons (Fsp3) is 0.692. The van der Waals surface area contributed by atoms with Gasteiger partial charge in [-0.3, -0.25) is 0 Å². The third-order valence-electron chi connectivity index (χ3n) is 3.14. The lowest BCUT2D eigenvalue weighted by Crippen LogP contribution is -2.46. The van der Waals surface area contributed by atoms with Crippen LogP contribution >= 0.6 is 11.8 Å². The number of likely N-dealkylation sites (N-methyl/N-ethyl adjacent to an activating group) is 1. The molecule has 0 unspecified atom stereocenters. The van der Waals surface area contributed by atoms with Crippen molar-refractivity contribution in [2.75, 3.05) is 20.6 Å². The molecule has 0 aliphatic carbocycles. The molecule has 1 aromatic rings. The zero-order chi connectivity index (χ0) is 14.5. The van der Waals surface area contributed by atoms with Gasteiger partial charge in [-0.25, -0.2) is 0 Å². The number of thioether (sulfide) groups is 1. The van der Waals surface area contributed by atoms with E-state index in [-0.39, 0.29) is 11.3 Å². The van der Waals surface area contributed by atoms with E-state index in [1.165, 1.54) is 0 Å². The van der Waals surface area contributed by atoms with Crippen molar-refractivity contribution in [1.29, 1.82) is 0 Å². The molecule has 0 aromatic carbocycles. The third-order valence-corrected chi connectivity index (χ3v) is 3.84. The second kappa shape index (κ2) is 7.26. The molecule has 19 heavy (non-hydrogen) atoms. The van der Waals surface area contributed by atoms with E-state index in [0.717, 1.165) is 12.3 Å². The normalized spacial score (nSPS) is 12.6. The molecule has 0 aliphatic heterocycles. The first-order valence-electron chi connectivity index (χ1n) is 6.17. The largest absolute Gasteiger partial charge is 0.464 e. The summed E-state index contributed by atoms with van der Waals surface area (Å²) in [6, 6.07) is 3.58. The van der Waals surface area contributed by atoms with Gasteiger partial charge in [0.05, 0.1) is 12.3 Å². The molecule has 0 bridgehead atoms. The molecule has 1 aromatic heterocycles. The number of rotatable bonds is 8. The van der Waals surface area contributed by atoms with Crippen LogP contribution < -0.4 is 5.32 Å². The zero-order valence-electron chi connectivity index (χ0n) is 11.9. The molecule has 110 valence electrons. The van der Waals surface area contributed by atoms with Crippen LogP contribution in [0.5, 0.6) is 0 Å². The van der Waals surface area contributed by atoms with Crippen molar-refractivity contribution in [3.05, 3.63) is 23.7 Å². The van der Waals surface area contributed by atoms with E-state index in [1.54, 1.807) is 6.07 Å². The van der Waals surface area contributed by atoms with Crippen molar-refractivity contribution in [2.45, 2.75) is 37.4 Å². The van der Waals surface area contributed by atoms with Gasteiger partial charge in [0.25, 0.3) is 5.76 Å². The van der Waals surface area contributed by atoms with E-state index >= 15 is 0 Å². The number of furan rings is 1. The summed E-state index contributed by atoms with van der Waals surface area (Å²) in [5, 5.41) is 3.31. The van der Waals surface area contributed by atoms with Gasteiger partial charge in [-0.2, -0.15) is 8.78 Å². The lowest BCUT2D eigenvalue weighted by molar-refractivity contribution is 0.188.